The lowest BCUT2D eigenvalue weighted by Gasteiger charge is -2.20. The summed E-state index contributed by atoms with van der Waals surface area (Å²) in [5.41, 5.74) is 0.549. The third-order valence-corrected chi connectivity index (χ3v) is 2.78. The van der Waals surface area contributed by atoms with E-state index in [0.29, 0.717) is 18.6 Å². The van der Waals surface area contributed by atoms with E-state index >= 15 is 0 Å². The van der Waals surface area contributed by atoms with Gasteiger partial charge in [-0.15, -0.1) is 0 Å². The first kappa shape index (κ1) is 11.0. The molecule has 0 spiro atoms. The molecule has 86 valence electrons. The van der Waals surface area contributed by atoms with E-state index < -0.39 is 5.79 Å². The molecule has 0 radical (unpaired) electrons. The van der Waals surface area contributed by atoms with Crippen LogP contribution in [0.5, 0.6) is 11.5 Å². The van der Waals surface area contributed by atoms with Crippen LogP contribution in [0.2, 0.25) is 0 Å². The average Bonchev–Trinajstić information content (AvgIpc) is 2.51. The van der Waals surface area contributed by atoms with Crippen molar-refractivity contribution < 1.29 is 14.6 Å². The summed E-state index contributed by atoms with van der Waals surface area (Å²) in [7, 11) is 1.42. The van der Waals surface area contributed by atoms with E-state index in [2.05, 4.69) is 0 Å². The van der Waals surface area contributed by atoms with Crippen molar-refractivity contribution in [3.63, 3.8) is 0 Å². The second-order valence-electron chi connectivity index (χ2n) is 3.86. The van der Waals surface area contributed by atoms with E-state index in [-0.39, 0.29) is 11.2 Å². The highest BCUT2D eigenvalue weighted by Crippen LogP contribution is 2.39. The Labute approximate surface area is 93.4 Å². The first-order valence-corrected chi connectivity index (χ1v) is 5.21. The number of fused-ring (bicyclic) bond motifs is 1. The number of ether oxygens (including phenoxy) is 2. The van der Waals surface area contributed by atoms with E-state index in [1.165, 1.54) is 13.2 Å². The van der Waals surface area contributed by atoms with Crippen LogP contribution in [0.25, 0.3) is 0 Å². The van der Waals surface area contributed by atoms with Crippen LogP contribution in [-0.4, -0.2) is 18.0 Å². The lowest BCUT2D eigenvalue weighted by atomic mass is 10.1. The first-order chi connectivity index (χ1) is 7.59. The zero-order chi connectivity index (χ0) is 11.8. The van der Waals surface area contributed by atoms with Crippen LogP contribution in [0.1, 0.15) is 18.9 Å². The summed E-state index contributed by atoms with van der Waals surface area (Å²) in [6.07, 6.45) is 0.839. The predicted molar refractivity (Wildman–Crippen MR) is 58.8 cm³/mol. The molecule has 1 aliphatic rings. The molecule has 0 amide bonds. The van der Waals surface area contributed by atoms with Crippen molar-refractivity contribution in [1.82, 2.24) is 0 Å². The molecule has 1 aliphatic heterocycles. The van der Waals surface area contributed by atoms with Crippen LogP contribution in [-0.2, 0) is 6.42 Å². The summed E-state index contributed by atoms with van der Waals surface area (Å²) in [4.78, 5) is 11.6. The quantitative estimate of drug-likeness (QED) is 0.813. The summed E-state index contributed by atoms with van der Waals surface area (Å²) in [5, 5.41) is 10.0. The zero-order valence-corrected chi connectivity index (χ0v) is 9.32. The number of hydrogen-bond donors (Lipinski definition) is 1. The molecule has 0 saturated heterocycles. The van der Waals surface area contributed by atoms with Gasteiger partial charge in [0.05, 0.1) is 7.11 Å². The molecule has 4 nitrogen and oxygen atoms in total. The van der Waals surface area contributed by atoms with E-state index in [1.807, 2.05) is 6.92 Å². The van der Waals surface area contributed by atoms with Crippen LogP contribution >= 0.6 is 0 Å². The van der Waals surface area contributed by atoms with Crippen molar-refractivity contribution in [3.8, 4) is 11.5 Å². The Morgan fingerprint density at radius 3 is 2.94 bits per heavy atom. The maximum atomic E-state index is 11.6. The molecular formula is C12H14O4. The fourth-order valence-electron chi connectivity index (χ4n) is 1.83. The Bertz CT molecular complexity index is 469. The molecule has 0 saturated carbocycles. The van der Waals surface area contributed by atoms with Crippen LogP contribution in [0, 0.1) is 0 Å². The van der Waals surface area contributed by atoms with Gasteiger partial charge in [-0.1, -0.05) is 19.1 Å². The van der Waals surface area contributed by atoms with Crippen LogP contribution in [0.15, 0.2) is 23.0 Å². The highest BCUT2D eigenvalue weighted by Gasteiger charge is 2.37. The standard InChI is InChI=1S/C12H14O4/c1-3-12(14)7-8-5-4-6-9(13)11(15-2)10(8)16-12/h4-6,14H,3,7H2,1-2H3. The van der Waals surface area contributed by atoms with E-state index in [1.54, 1.807) is 12.1 Å². The molecule has 1 aromatic carbocycles. The summed E-state index contributed by atoms with van der Waals surface area (Å²) >= 11 is 0. The van der Waals surface area contributed by atoms with Gasteiger partial charge in [0.15, 0.2) is 5.75 Å². The fraction of sp³-hybridized carbons (Fsp3) is 0.417. The monoisotopic (exact) mass is 222 g/mol. The van der Waals surface area contributed by atoms with Crippen molar-refractivity contribution >= 4 is 0 Å². The minimum absolute atomic E-state index is 0.157. The van der Waals surface area contributed by atoms with Gasteiger partial charge >= 0.3 is 0 Å². The predicted octanol–water partition coefficient (Wildman–Crippen LogP) is 1.09. The van der Waals surface area contributed by atoms with Crippen molar-refractivity contribution in [2.24, 2.45) is 0 Å². The Morgan fingerprint density at radius 1 is 1.56 bits per heavy atom. The molecule has 0 aliphatic carbocycles. The number of aliphatic hydroxyl groups is 1. The lowest BCUT2D eigenvalue weighted by Crippen LogP contribution is -2.32. The minimum atomic E-state index is -1.21. The normalized spacial score (nSPS) is 22.4. The Hall–Kier alpha value is -1.55. The van der Waals surface area contributed by atoms with Crippen molar-refractivity contribution in [1.29, 1.82) is 0 Å². The summed E-state index contributed by atoms with van der Waals surface area (Å²) in [5.74, 6) is -0.692. The molecule has 0 aromatic heterocycles. The van der Waals surface area contributed by atoms with Crippen LogP contribution in [0.4, 0.5) is 0 Å². The number of hydrogen-bond acceptors (Lipinski definition) is 4. The van der Waals surface area contributed by atoms with Gasteiger partial charge in [-0.2, -0.15) is 0 Å². The van der Waals surface area contributed by atoms with Gasteiger partial charge in [0.25, 0.3) is 0 Å². The Balaban J connectivity index is 2.59. The zero-order valence-electron chi connectivity index (χ0n) is 9.32. The average molecular weight is 222 g/mol. The fourth-order valence-corrected chi connectivity index (χ4v) is 1.83. The highest BCUT2D eigenvalue weighted by atomic mass is 16.6. The van der Waals surface area contributed by atoms with E-state index in [4.69, 9.17) is 9.47 Å². The van der Waals surface area contributed by atoms with Crippen molar-refractivity contribution in [2.75, 3.05) is 7.11 Å². The topological polar surface area (TPSA) is 55.8 Å². The molecule has 1 aromatic rings. The van der Waals surface area contributed by atoms with Gasteiger partial charge in [-0.05, 0) is 6.07 Å². The third-order valence-electron chi connectivity index (χ3n) is 2.78. The maximum Gasteiger partial charge on any atom is 0.224 e. The summed E-state index contributed by atoms with van der Waals surface area (Å²) < 4.78 is 10.5. The van der Waals surface area contributed by atoms with Gasteiger partial charge < -0.3 is 14.6 Å². The second kappa shape index (κ2) is 3.79. The summed E-state index contributed by atoms with van der Waals surface area (Å²) in [6.45, 7) is 1.83. The maximum absolute atomic E-state index is 11.6. The molecule has 1 unspecified atom stereocenters. The molecular weight excluding hydrogens is 208 g/mol. The van der Waals surface area contributed by atoms with Crippen molar-refractivity contribution in [2.45, 2.75) is 25.6 Å². The molecule has 2 rings (SSSR count). The number of rotatable bonds is 2. The van der Waals surface area contributed by atoms with Gasteiger partial charge in [-0.3, -0.25) is 4.79 Å². The van der Waals surface area contributed by atoms with Gasteiger partial charge in [-0.25, -0.2) is 0 Å². The first-order valence-electron chi connectivity index (χ1n) is 5.21. The Morgan fingerprint density at radius 2 is 2.31 bits per heavy atom. The van der Waals surface area contributed by atoms with Gasteiger partial charge in [0.2, 0.25) is 17.0 Å². The molecule has 1 atom stereocenters. The van der Waals surface area contributed by atoms with Crippen molar-refractivity contribution in [3.05, 3.63) is 34.0 Å². The van der Waals surface area contributed by atoms with Gasteiger partial charge in [0.1, 0.15) is 0 Å². The SMILES string of the molecule is CCC1(O)Cc2cccc(=O)c(OC)c2O1. The molecule has 16 heavy (non-hydrogen) atoms. The number of methoxy groups -OCH3 is 1. The molecule has 1 N–H and O–H groups in total. The van der Waals surface area contributed by atoms with Crippen LogP contribution in [0.3, 0.4) is 0 Å². The minimum Gasteiger partial charge on any atom is -0.490 e. The van der Waals surface area contributed by atoms with Gasteiger partial charge in [0, 0.05) is 18.4 Å². The second-order valence-corrected chi connectivity index (χ2v) is 3.86. The Kier molecular flexibility index (Phi) is 2.59. The third kappa shape index (κ3) is 1.65. The molecule has 0 bridgehead atoms. The van der Waals surface area contributed by atoms with E-state index in [9.17, 15) is 9.90 Å². The van der Waals surface area contributed by atoms with E-state index in [0.717, 1.165) is 5.56 Å². The lowest BCUT2D eigenvalue weighted by molar-refractivity contribution is -0.123. The highest BCUT2D eigenvalue weighted by molar-refractivity contribution is 5.48. The smallest absolute Gasteiger partial charge is 0.224 e. The van der Waals surface area contributed by atoms with Crippen LogP contribution < -0.4 is 14.9 Å². The summed E-state index contributed by atoms with van der Waals surface area (Å²) in [6, 6.07) is 4.84. The molecule has 0 fully saturated rings. The molecule has 1 heterocycles. The largest absolute Gasteiger partial charge is 0.490 e. The molecule has 4 heteroatoms.